The first-order chi connectivity index (χ1) is 7.60. The lowest BCUT2D eigenvalue weighted by atomic mass is 10.3. The molecule has 0 saturated heterocycles. The monoisotopic (exact) mass is 252 g/mol. The number of aromatic nitrogens is 3. The molecule has 0 radical (unpaired) electrons. The molecule has 0 saturated carbocycles. The number of rotatable bonds is 2. The topological polar surface area (TPSA) is 64.7 Å². The fraction of sp³-hybridized carbons (Fsp3) is 0.300. The minimum Gasteiger partial charge on any atom is -0.368 e. The minimum absolute atomic E-state index is 0.276. The van der Waals surface area contributed by atoms with E-state index in [1.54, 1.807) is 11.3 Å². The van der Waals surface area contributed by atoms with E-state index in [1.165, 1.54) is 22.2 Å². The van der Waals surface area contributed by atoms with Gasteiger partial charge in [-0.15, -0.1) is 11.3 Å². The zero-order valence-corrected chi connectivity index (χ0v) is 10.9. The van der Waals surface area contributed by atoms with Crippen molar-refractivity contribution in [3.05, 3.63) is 16.5 Å². The first-order valence-corrected chi connectivity index (χ1v) is 6.77. The molecular weight excluding hydrogens is 240 g/mol. The Hall–Kier alpha value is -1.14. The van der Waals surface area contributed by atoms with Gasteiger partial charge in [0.25, 0.3) is 0 Å². The second kappa shape index (κ2) is 4.39. The van der Waals surface area contributed by atoms with E-state index in [-0.39, 0.29) is 5.95 Å². The highest BCUT2D eigenvalue weighted by molar-refractivity contribution is 7.98. The number of nitrogen functional groups attached to an aromatic ring is 1. The van der Waals surface area contributed by atoms with Crippen LogP contribution in [0.4, 0.5) is 5.95 Å². The fourth-order valence-electron chi connectivity index (χ4n) is 1.26. The van der Waals surface area contributed by atoms with Crippen molar-refractivity contribution in [3.8, 4) is 10.7 Å². The maximum atomic E-state index is 5.65. The molecule has 2 rings (SSSR count). The van der Waals surface area contributed by atoms with Crippen molar-refractivity contribution in [1.82, 2.24) is 15.0 Å². The van der Waals surface area contributed by atoms with Crippen LogP contribution >= 0.6 is 23.1 Å². The van der Waals surface area contributed by atoms with Gasteiger partial charge in [0.1, 0.15) is 0 Å². The first kappa shape index (κ1) is 11.3. The summed E-state index contributed by atoms with van der Waals surface area (Å²) in [5.41, 5.74) is 6.90. The standard InChI is InChI=1S/C10H12N4S2/c1-5-4-7(16-6(5)2)8-12-9(11)14-10(13-8)15-3/h4H,1-3H3,(H2,11,12,13,14). The van der Waals surface area contributed by atoms with Gasteiger partial charge in [-0.05, 0) is 31.7 Å². The molecule has 0 bridgehead atoms. The molecule has 0 aliphatic carbocycles. The van der Waals surface area contributed by atoms with Gasteiger partial charge in [-0.1, -0.05) is 11.8 Å². The Bertz CT molecular complexity index is 502. The summed E-state index contributed by atoms with van der Waals surface area (Å²) in [5, 5.41) is 0.659. The van der Waals surface area contributed by atoms with Crippen molar-refractivity contribution in [3.63, 3.8) is 0 Å². The summed E-state index contributed by atoms with van der Waals surface area (Å²) >= 11 is 3.14. The van der Waals surface area contributed by atoms with Gasteiger partial charge < -0.3 is 5.73 Å². The smallest absolute Gasteiger partial charge is 0.224 e. The number of aryl methyl sites for hydroxylation is 2. The molecule has 0 atom stereocenters. The molecule has 2 aromatic heterocycles. The third kappa shape index (κ3) is 2.17. The number of anilines is 1. The zero-order chi connectivity index (χ0) is 11.7. The lowest BCUT2D eigenvalue weighted by Crippen LogP contribution is -2.00. The summed E-state index contributed by atoms with van der Waals surface area (Å²) in [6.45, 7) is 4.17. The van der Waals surface area contributed by atoms with Gasteiger partial charge in [0.05, 0.1) is 4.88 Å². The van der Waals surface area contributed by atoms with E-state index in [0.717, 1.165) is 4.88 Å². The fourth-order valence-corrected chi connectivity index (χ4v) is 2.59. The predicted octanol–water partition coefficient (Wildman–Crippen LogP) is 2.52. The van der Waals surface area contributed by atoms with E-state index in [4.69, 9.17) is 5.73 Å². The summed E-state index contributed by atoms with van der Waals surface area (Å²) in [6, 6.07) is 2.08. The molecule has 84 valence electrons. The minimum atomic E-state index is 0.276. The quantitative estimate of drug-likeness (QED) is 0.832. The van der Waals surface area contributed by atoms with Crippen LogP contribution in [0.5, 0.6) is 0 Å². The summed E-state index contributed by atoms with van der Waals surface area (Å²) in [7, 11) is 0. The number of hydrogen-bond donors (Lipinski definition) is 1. The van der Waals surface area contributed by atoms with Gasteiger partial charge in [0, 0.05) is 4.88 Å². The van der Waals surface area contributed by atoms with Crippen LogP contribution in [-0.2, 0) is 0 Å². The number of hydrogen-bond acceptors (Lipinski definition) is 6. The first-order valence-electron chi connectivity index (χ1n) is 4.73. The molecule has 0 amide bonds. The van der Waals surface area contributed by atoms with Gasteiger partial charge in [0.2, 0.25) is 5.95 Å². The van der Waals surface area contributed by atoms with Crippen molar-refractivity contribution in [2.24, 2.45) is 0 Å². The number of thiophene rings is 1. The Morgan fingerprint density at radius 2 is 2.00 bits per heavy atom. The summed E-state index contributed by atoms with van der Waals surface area (Å²) in [5.74, 6) is 0.941. The van der Waals surface area contributed by atoms with E-state index in [0.29, 0.717) is 11.0 Å². The van der Waals surface area contributed by atoms with Gasteiger partial charge >= 0.3 is 0 Å². The second-order valence-electron chi connectivity index (χ2n) is 3.35. The van der Waals surface area contributed by atoms with Crippen LogP contribution in [0.25, 0.3) is 10.7 Å². The Morgan fingerprint density at radius 3 is 2.56 bits per heavy atom. The van der Waals surface area contributed by atoms with Crippen LogP contribution in [0.1, 0.15) is 10.4 Å². The van der Waals surface area contributed by atoms with Gasteiger partial charge in [-0.3, -0.25) is 0 Å². The van der Waals surface area contributed by atoms with Crippen LogP contribution < -0.4 is 5.73 Å². The third-order valence-electron chi connectivity index (χ3n) is 2.20. The van der Waals surface area contributed by atoms with Crippen molar-refractivity contribution >= 4 is 29.0 Å². The molecule has 2 aromatic rings. The summed E-state index contributed by atoms with van der Waals surface area (Å²) in [6.07, 6.45) is 1.92. The molecule has 4 nitrogen and oxygen atoms in total. The summed E-state index contributed by atoms with van der Waals surface area (Å²) in [4.78, 5) is 14.9. The Balaban J connectivity index is 2.50. The molecule has 0 aliphatic heterocycles. The highest BCUT2D eigenvalue weighted by atomic mass is 32.2. The predicted molar refractivity (Wildman–Crippen MR) is 68.8 cm³/mol. The lowest BCUT2D eigenvalue weighted by molar-refractivity contribution is 0.930. The van der Waals surface area contributed by atoms with Crippen LogP contribution in [-0.4, -0.2) is 21.2 Å². The van der Waals surface area contributed by atoms with Crippen LogP contribution in [0, 0.1) is 13.8 Å². The van der Waals surface area contributed by atoms with Crippen molar-refractivity contribution in [2.45, 2.75) is 19.0 Å². The van der Waals surface area contributed by atoms with Gasteiger partial charge in [0.15, 0.2) is 11.0 Å². The molecule has 0 unspecified atom stereocenters. The second-order valence-corrected chi connectivity index (χ2v) is 5.38. The van der Waals surface area contributed by atoms with E-state index >= 15 is 0 Å². The molecule has 0 aliphatic rings. The molecule has 2 N–H and O–H groups in total. The van der Waals surface area contributed by atoms with Crippen molar-refractivity contribution in [1.29, 1.82) is 0 Å². The Kier molecular flexibility index (Phi) is 3.11. The van der Waals surface area contributed by atoms with Crippen LogP contribution in [0.2, 0.25) is 0 Å². The number of thioether (sulfide) groups is 1. The van der Waals surface area contributed by atoms with E-state index in [1.807, 2.05) is 6.26 Å². The molecule has 6 heteroatoms. The van der Waals surface area contributed by atoms with Crippen molar-refractivity contribution < 1.29 is 0 Å². The van der Waals surface area contributed by atoms with Gasteiger partial charge in [-0.2, -0.15) is 9.97 Å². The van der Waals surface area contributed by atoms with Crippen LogP contribution in [0.3, 0.4) is 0 Å². The Morgan fingerprint density at radius 1 is 1.25 bits per heavy atom. The SMILES string of the molecule is CSc1nc(N)nc(-c2cc(C)c(C)s2)n1. The number of nitrogens with zero attached hydrogens (tertiary/aromatic N) is 3. The van der Waals surface area contributed by atoms with Crippen molar-refractivity contribution in [2.75, 3.05) is 12.0 Å². The van der Waals surface area contributed by atoms with E-state index in [9.17, 15) is 0 Å². The zero-order valence-electron chi connectivity index (χ0n) is 9.31. The maximum absolute atomic E-state index is 5.65. The normalized spacial score (nSPS) is 10.7. The van der Waals surface area contributed by atoms with E-state index in [2.05, 4.69) is 34.9 Å². The van der Waals surface area contributed by atoms with Gasteiger partial charge in [-0.25, -0.2) is 4.98 Å². The molecular formula is C10H12N4S2. The maximum Gasteiger partial charge on any atom is 0.224 e. The summed E-state index contributed by atoms with van der Waals surface area (Å²) < 4.78 is 0. The Labute approximate surface area is 102 Å². The van der Waals surface area contributed by atoms with E-state index < -0.39 is 0 Å². The largest absolute Gasteiger partial charge is 0.368 e. The lowest BCUT2D eigenvalue weighted by Gasteiger charge is -2.00. The highest BCUT2D eigenvalue weighted by Crippen LogP contribution is 2.29. The average molecular weight is 252 g/mol. The third-order valence-corrected chi connectivity index (χ3v) is 3.90. The highest BCUT2D eigenvalue weighted by Gasteiger charge is 2.09. The molecule has 0 spiro atoms. The molecule has 0 aromatic carbocycles. The molecule has 2 heterocycles. The number of nitrogens with two attached hydrogens (primary N) is 1. The average Bonchev–Trinajstić information content (AvgIpc) is 2.58. The molecule has 0 fully saturated rings. The van der Waals surface area contributed by atoms with Crippen LogP contribution in [0.15, 0.2) is 11.2 Å². The molecule has 16 heavy (non-hydrogen) atoms.